The smallest absolute Gasteiger partial charge is 0.146 e. The first-order valence-corrected chi connectivity index (χ1v) is 6.33. The molecule has 0 radical (unpaired) electrons. The van der Waals surface area contributed by atoms with Gasteiger partial charge in [-0.05, 0) is 24.1 Å². The molecule has 0 aliphatic carbocycles. The third-order valence-corrected chi connectivity index (χ3v) is 3.69. The number of carbonyl (C=O) groups excluding carboxylic acids is 1. The summed E-state index contributed by atoms with van der Waals surface area (Å²) in [5.41, 5.74) is 0.824. The Hall–Kier alpha value is -0.0500. The van der Waals surface area contributed by atoms with Crippen molar-refractivity contribution < 1.29 is 4.79 Å². The maximum atomic E-state index is 11.4. The minimum absolute atomic E-state index is 0.158. The van der Waals surface area contributed by atoms with Crippen LogP contribution in [0, 0.1) is 0 Å². The predicted octanol–water partition coefficient (Wildman–Crippen LogP) is 4.28. The van der Waals surface area contributed by atoms with Gasteiger partial charge in [0, 0.05) is 16.5 Å². The lowest BCUT2D eigenvalue weighted by Crippen LogP contribution is -2.15. The molecule has 0 spiro atoms. The van der Waals surface area contributed by atoms with Gasteiger partial charge in [-0.3, -0.25) is 4.79 Å². The summed E-state index contributed by atoms with van der Waals surface area (Å²) in [6.07, 6.45) is 1.04. The van der Waals surface area contributed by atoms with Crippen LogP contribution in [0.2, 0.25) is 10.0 Å². The topological polar surface area (TPSA) is 17.1 Å². The number of hydrogen-bond acceptors (Lipinski definition) is 1. The molecule has 0 aliphatic heterocycles. The molecule has 1 aromatic rings. The highest BCUT2D eigenvalue weighted by atomic mass is 79.9. The normalized spacial score (nSPS) is 12.5. The number of alkyl halides is 1. The van der Waals surface area contributed by atoms with Crippen molar-refractivity contribution in [2.75, 3.05) is 0 Å². The van der Waals surface area contributed by atoms with E-state index in [0.717, 1.165) is 5.56 Å². The van der Waals surface area contributed by atoms with Crippen LogP contribution in [0.15, 0.2) is 18.2 Å². The van der Waals surface area contributed by atoms with Crippen molar-refractivity contribution in [1.82, 2.24) is 0 Å². The number of rotatable bonds is 4. The van der Waals surface area contributed by atoms with E-state index in [1.165, 1.54) is 0 Å². The van der Waals surface area contributed by atoms with E-state index in [1.807, 2.05) is 6.92 Å². The van der Waals surface area contributed by atoms with E-state index >= 15 is 0 Å². The van der Waals surface area contributed by atoms with Gasteiger partial charge in [0.15, 0.2) is 0 Å². The van der Waals surface area contributed by atoms with Gasteiger partial charge in [0.1, 0.15) is 5.78 Å². The van der Waals surface area contributed by atoms with Crippen LogP contribution >= 0.6 is 39.1 Å². The van der Waals surface area contributed by atoms with Crippen LogP contribution in [0.1, 0.15) is 18.9 Å². The summed E-state index contributed by atoms with van der Waals surface area (Å²) >= 11 is 15.4. The highest BCUT2D eigenvalue weighted by Gasteiger charge is 2.16. The van der Waals surface area contributed by atoms with E-state index in [2.05, 4.69) is 15.9 Å². The van der Waals surface area contributed by atoms with Gasteiger partial charge >= 0.3 is 0 Å². The van der Waals surface area contributed by atoms with Gasteiger partial charge in [-0.15, -0.1) is 0 Å². The minimum Gasteiger partial charge on any atom is -0.298 e. The van der Waals surface area contributed by atoms with Crippen LogP contribution in [0.3, 0.4) is 0 Å². The molecule has 0 bridgehead atoms. The number of benzene rings is 1. The lowest BCUT2D eigenvalue weighted by atomic mass is 10.1. The molecule has 1 aromatic carbocycles. The number of halogens is 3. The van der Waals surface area contributed by atoms with Crippen LogP contribution in [0.25, 0.3) is 0 Å². The van der Waals surface area contributed by atoms with Crippen molar-refractivity contribution in [3.63, 3.8) is 0 Å². The highest BCUT2D eigenvalue weighted by Crippen LogP contribution is 2.27. The van der Waals surface area contributed by atoms with Crippen molar-refractivity contribution >= 4 is 44.9 Å². The first-order valence-electron chi connectivity index (χ1n) is 4.66. The number of carbonyl (C=O) groups is 1. The molecule has 0 aliphatic rings. The molecule has 1 nitrogen and oxygen atoms in total. The van der Waals surface area contributed by atoms with Gasteiger partial charge in [-0.1, -0.05) is 52.1 Å². The first kappa shape index (κ1) is 13.0. The second kappa shape index (κ2) is 5.88. The number of ketones is 1. The predicted molar refractivity (Wildman–Crippen MR) is 68.2 cm³/mol. The maximum Gasteiger partial charge on any atom is 0.146 e. The average molecular weight is 310 g/mol. The number of hydrogen-bond donors (Lipinski definition) is 0. The zero-order valence-electron chi connectivity index (χ0n) is 8.27. The van der Waals surface area contributed by atoms with Crippen LogP contribution in [0.5, 0.6) is 0 Å². The van der Waals surface area contributed by atoms with E-state index in [4.69, 9.17) is 23.2 Å². The Kier molecular flexibility index (Phi) is 5.10. The monoisotopic (exact) mass is 308 g/mol. The Bertz CT molecular complexity index is 345. The van der Waals surface area contributed by atoms with E-state index in [-0.39, 0.29) is 10.6 Å². The molecule has 0 fully saturated rings. The molecule has 15 heavy (non-hydrogen) atoms. The molecule has 0 N–H and O–H groups in total. The Morgan fingerprint density at radius 3 is 2.40 bits per heavy atom. The quantitative estimate of drug-likeness (QED) is 0.759. The summed E-state index contributed by atoms with van der Waals surface area (Å²) in [7, 11) is 0. The molecule has 0 saturated carbocycles. The molecular weight excluding hydrogens is 299 g/mol. The van der Waals surface area contributed by atoms with Gasteiger partial charge < -0.3 is 0 Å². The molecule has 0 amide bonds. The molecular formula is C11H11BrCl2O. The molecule has 1 atom stereocenters. The van der Waals surface area contributed by atoms with Gasteiger partial charge in [0.2, 0.25) is 0 Å². The number of Topliss-reactive ketones (excluding diaryl/α,β-unsaturated/α-hetero) is 1. The standard InChI is InChI=1S/C11H11BrCl2O/c1-2-11(15)8(12)6-7-9(13)4-3-5-10(7)14/h3-5,8H,2,6H2,1H3. The van der Waals surface area contributed by atoms with Crippen molar-refractivity contribution in [1.29, 1.82) is 0 Å². The van der Waals surface area contributed by atoms with Gasteiger partial charge in [0.05, 0.1) is 4.83 Å². The Balaban J connectivity index is 2.85. The highest BCUT2D eigenvalue weighted by molar-refractivity contribution is 9.10. The van der Waals surface area contributed by atoms with Crippen molar-refractivity contribution in [2.24, 2.45) is 0 Å². The minimum atomic E-state index is -0.208. The zero-order valence-corrected chi connectivity index (χ0v) is 11.4. The molecule has 82 valence electrons. The summed E-state index contributed by atoms with van der Waals surface area (Å²) < 4.78 is 0. The average Bonchev–Trinajstić information content (AvgIpc) is 2.22. The SMILES string of the molecule is CCC(=O)C(Br)Cc1c(Cl)cccc1Cl. The zero-order chi connectivity index (χ0) is 11.4. The molecule has 1 rings (SSSR count). The summed E-state index contributed by atoms with van der Waals surface area (Å²) in [4.78, 5) is 11.2. The summed E-state index contributed by atoms with van der Waals surface area (Å²) in [6.45, 7) is 1.84. The van der Waals surface area contributed by atoms with Gasteiger partial charge in [0.25, 0.3) is 0 Å². The third-order valence-electron chi connectivity index (χ3n) is 2.14. The lowest BCUT2D eigenvalue weighted by Gasteiger charge is -2.10. The fourth-order valence-electron chi connectivity index (χ4n) is 1.24. The second-order valence-electron chi connectivity index (χ2n) is 3.19. The summed E-state index contributed by atoms with van der Waals surface area (Å²) in [5.74, 6) is 0.158. The van der Waals surface area contributed by atoms with Gasteiger partial charge in [-0.25, -0.2) is 0 Å². The molecule has 0 heterocycles. The van der Waals surface area contributed by atoms with Crippen LogP contribution in [0.4, 0.5) is 0 Å². The van der Waals surface area contributed by atoms with Gasteiger partial charge in [-0.2, -0.15) is 0 Å². The first-order chi connectivity index (χ1) is 7.06. The Morgan fingerprint density at radius 1 is 1.40 bits per heavy atom. The van der Waals surface area contributed by atoms with Crippen molar-refractivity contribution in [3.05, 3.63) is 33.8 Å². The van der Waals surface area contributed by atoms with Crippen molar-refractivity contribution in [2.45, 2.75) is 24.6 Å². The van der Waals surface area contributed by atoms with E-state index in [9.17, 15) is 4.79 Å². The van der Waals surface area contributed by atoms with Crippen molar-refractivity contribution in [3.8, 4) is 0 Å². The molecule has 0 saturated heterocycles. The molecule has 0 aromatic heterocycles. The third kappa shape index (κ3) is 3.47. The molecule has 1 unspecified atom stereocenters. The van der Waals surface area contributed by atoms with E-state index < -0.39 is 0 Å². The van der Waals surface area contributed by atoms with Crippen LogP contribution in [-0.2, 0) is 11.2 Å². The summed E-state index contributed by atoms with van der Waals surface area (Å²) in [6, 6.07) is 5.34. The maximum absolute atomic E-state index is 11.4. The summed E-state index contributed by atoms with van der Waals surface area (Å²) in [5, 5.41) is 1.21. The van der Waals surface area contributed by atoms with E-state index in [1.54, 1.807) is 18.2 Å². The van der Waals surface area contributed by atoms with Crippen LogP contribution in [-0.4, -0.2) is 10.6 Å². The Labute approximate surface area is 108 Å². The molecule has 4 heteroatoms. The van der Waals surface area contributed by atoms with E-state index in [0.29, 0.717) is 22.9 Å². The fraction of sp³-hybridized carbons (Fsp3) is 0.364. The fourth-order valence-corrected chi connectivity index (χ4v) is 2.44. The Morgan fingerprint density at radius 2 is 1.93 bits per heavy atom. The lowest BCUT2D eigenvalue weighted by molar-refractivity contribution is -0.118. The largest absolute Gasteiger partial charge is 0.298 e. The second-order valence-corrected chi connectivity index (χ2v) is 5.11. The van der Waals surface area contributed by atoms with Crippen LogP contribution < -0.4 is 0 Å².